The Labute approximate surface area is 132 Å². The molecule has 0 saturated carbocycles. The summed E-state index contributed by atoms with van der Waals surface area (Å²) in [4.78, 5) is 0. The molecule has 0 aliphatic rings. The summed E-state index contributed by atoms with van der Waals surface area (Å²) in [5.74, 6) is 2.34. The molecule has 0 unspecified atom stereocenters. The van der Waals surface area contributed by atoms with Crippen molar-refractivity contribution in [2.45, 2.75) is 13.2 Å². The Morgan fingerprint density at radius 2 is 1.76 bits per heavy atom. The van der Waals surface area contributed by atoms with Crippen molar-refractivity contribution < 1.29 is 14.2 Å². The highest BCUT2D eigenvalue weighted by Gasteiger charge is 2.06. The molecule has 0 amide bonds. The van der Waals surface area contributed by atoms with Crippen LogP contribution < -0.4 is 19.9 Å². The highest BCUT2D eigenvalue weighted by molar-refractivity contribution is 9.10. The van der Waals surface area contributed by atoms with Crippen molar-refractivity contribution in [3.8, 4) is 17.2 Å². The van der Waals surface area contributed by atoms with E-state index in [2.05, 4.69) is 15.9 Å². The summed E-state index contributed by atoms with van der Waals surface area (Å²) in [7, 11) is 3.27. The predicted octanol–water partition coefficient (Wildman–Crippen LogP) is 3.50. The topological polar surface area (TPSA) is 53.7 Å². The average molecular weight is 352 g/mol. The number of ether oxygens (including phenoxy) is 3. The van der Waals surface area contributed by atoms with Crippen molar-refractivity contribution in [2.24, 2.45) is 5.73 Å². The maximum absolute atomic E-state index is 5.81. The number of benzene rings is 2. The molecule has 0 bridgehead atoms. The first kappa shape index (κ1) is 15.7. The van der Waals surface area contributed by atoms with Crippen LogP contribution in [0.15, 0.2) is 40.9 Å². The van der Waals surface area contributed by atoms with Gasteiger partial charge in [0.05, 0.1) is 18.7 Å². The average Bonchev–Trinajstić information content (AvgIpc) is 2.53. The van der Waals surface area contributed by atoms with Gasteiger partial charge in [-0.05, 0) is 51.8 Å². The van der Waals surface area contributed by atoms with E-state index < -0.39 is 0 Å². The minimum atomic E-state index is 0.434. The molecule has 0 radical (unpaired) electrons. The van der Waals surface area contributed by atoms with E-state index >= 15 is 0 Å². The highest BCUT2D eigenvalue weighted by atomic mass is 79.9. The third-order valence-corrected chi connectivity index (χ3v) is 3.72. The summed E-state index contributed by atoms with van der Waals surface area (Å²) in [6, 6.07) is 11.5. The minimum Gasteiger partial charge on any atom is -0.497 e. The highest BCUT2D eigenvalue weighted by Crippen LogP contribution is 2.30. The first-order valence-electron chi connectivity index (χ1n) is 6.50. The number of hydrogen-bond donors (Lipinski definition) is 1. The van der Waals surface area contributed by atoms with E-state index in [1.807, 2.05) is 36.4 Å². The molecule has 21 heavy (non-hydrogen) atoms. The number of nitrogens with two attached hydrogens (primary N) is 1. The van der Waals surface area contributed by atoms with E-state index in [0.717, 1.165) is 32.8 Å². The summed E-state index contributed by atoms with van der Waals surface area (Å²) in [6.07, 6.45) is 0. The number of methoxy groups -OCH3 is 2. The van der Waals surface area contributed by atoms with Crippen LogP contribution in [0.3, 0.4) is 0 Å². The van der Waals surface area contributed by atoms with Crippen molar-refractivity contribution in [1.29, 1.82) is 0 Å². The lowest BCUT2D eigenvalue weighted by atomic mass is 10.1. The second-order valence-corrected chi connectivity index (χ2v) is 5.29. The van der Waals surface area contributed by atoms with Crippen molar-refractivity contribution in [3.05, 3.63) is 52.0 Å². The van der Waals surface area contributed by atoms with E-state index in [1.165, 1.54) is 0 Å². The Bertz CT molecular complexity index is 616. The lowest BCUT2D eigenvalue weighted by Gasteiger charge is -2.12. The molecule has 0 aromatic heterocycles. The minimum absolute atomic E-state index is 0.434. The van der Waals surface area contributed by atoms with Gasteiger partial charge in [0.15, 0.2) is 0 Å². The van der Waals surface area contributed by atoms with Crippen molar-refractivity contribution in [3.63, 3.8) is 0 Å². The Balaban J connectivity index is 2.09. The Morgan fingerprint density at radius 3 is 2.38 bits per heavy atom. The van der Waals surface area contributed by atoms with Crippen molar-refractivity contribution in [1.82, 2.24) is 0 Å². The quantitative estimate of drug-likeness (QED) is 0.865. The van der Waals surface area contributed by atoms with Crippen LogP contribution in [0.1, 0.15) is 11.1 Å². The van der Waals surface area contributed by atoms with Crippen LogP contribution in [-0.2, 0) is 13.2 Å². The fourth-order valence-corrected chi connectivity index (χ4v) is 2.44. The second-order valence-electron chi connectivity index (χ2n) is 4.44. The van der Waals surface area contributed by atoms with Gasteiger partial charge in [-0.25, -0.2) is 0 Å². The molecule has 2 aromatic rings. The van der Waals surface area contributed by atoms with Crippen molar-refractivity contribution in [2.75, 3.05) is 14.2 Å². The van der Waals surface area contributed by atoms with E-state index in [0.29, 0.717) is 13.2 Å². The van der Waals surface area contributed by atoms with E-state index in [1.54, 1.807) is 14.2 Å². The molecule has 2 rings (SSSR count). The normalized spacial score (nSPS) is 10.3. The third-order valence-electron chi connectivity index (χ3n) is 3.10. The van der Waals surface area contributed by atoms with Crippen LogP contribution in [-0.4, -0.2) is 14.2 Å². The smallest absolute Gasteiger partial charge is 0.134 e. The number of hydrogen-bond acceptors (Lipinski definition) is 4. The van der Waals surface area contributed by atoms with Gasteiger partial charge in [-0.2, -0.15) is 0 Å². The second kappa shape index (κ2) is 7.33. The summed E-state index contributed by atoms with van der Waals surface area (Å²) < 4.78 is 17.1. The van der Waals surface area contributed by atoms with Gasteiger partial charge < -0.3 is 19.9 Å². The third kappa shape index (κ3) is 3.89. The molecule has 0 spiro atoms. The molecule has 5 heteroatoms. The predicted molar refractivity (Wildman–Crippen MR) is 85.9 cm³/mol. The molecule has 2 N–H and O–H groups in total. The Morgan fingerprint density at radius 1 is 1.00 bits per heavy atom. The molecule has 0 aliphatic carbocycles. The molecular weight excluding hydrogens is 334 g/mol. The van der Waals surface area contributed by atoms with Gasteiger partial charge in [0.1, 0.15) is 23.9 Å². The van der Waals surface area contributed by atoms with Gasteiger partial charge in [0.2, 0.25) is 0 Å². The van der Waals surface area contributed by atoms with Crippen LogP contribution in [0.4, 0.5) is 0 Å². The molecule has 0 aliphatic heterocycles. The maximum atomic E-state index is 5.81. The Hall–Kier alpha value is -1.72. The van der Waals surface area contributed by atoms with Gasteiger partial charge in [-0.3, -0.25) is 0 Å². The summed E-state index contributed by atoms with van der Waals surface area (Å²) >= 11 is 3.47. The standard InChI is InChI=1S/C16H18BrNO3/c1-19-13-4-6-16(14(17)8-13)21-10-11-3-5-15(20-2)12(7-11)9-18/h3-8H,9-10,18H2,1-2H3. The van der Waals surface area contributed by atoms with Gasteiger partial charge in [-0.15, -0.1) is 0 Å². The van der Waals surface area contributed by atoms with E-state index in [-0.39, 0.29) is 0 Å². The van der Waals surface area contributed by atoms with E-state index in [9.17, 15) is 0 Å². The fourth-order valence-electron chi connectivity index (χ4n) is 1.97. The monoisotopic (exact) mass is 351 g/mol. The van der Waals surface area contributed by atoms with Crippen LogP contribution >= 0.6 is 15.9 Å². The molecule has 4 nitrogen and oxygen atoms in total. The van der Waals surface area contributed by atoms with Crippen LogP contribution in [0.2, 0.25) is 0 Å². The molecular formula is C16H18BrNO3. The zero-order valence-corrected chi connectivity index (χ0v) is 13.6. The SMILES string of the molecule is COc1ccc(OCc2ccc(OC)c(CN)c2)c(Br)c1. The summed E-state index contributed by atoms with van der Waals surface area (Å²) in [5, 5.41) is 0. The van der Waals surface area contributed by atoms with Crippen LogP contribution in [0.5, 0.6) is 17.2 Å². The van der Waals surface area contributed by atoms with Gasteiger partial charge >= 0.3 is 0 Å². The molecule has 2 aromatic carbocycles. The first-order chi connectivity index (χ1) is 10.2. The molecule has 112 valence electrons. The van der Waals surface area contributed by atoms with Crippen LogP contribution in [0.25, 0.3) is 0 Å². The summed E-state index contributed by atoms with van der Waals surface area (Å²) in [5.41, 5.74) is 7.72. The zero-order valence-electron chi connectivity index (χ0n) is 12.1. The van der Waals surface area contributed by atoms with Crippen LogP contribution in [0, 0.1) is 0 Å². The van der Waals surface area contributed by atoms with E-state index in [4.69, 9.17) is 19.9 Å². The summed E-state index contributed by atoms with van der Waals surface area (Å²) in [6.45, 7) is 0.894. The molecule has 0 atom stereocenters. The fraction of sp³-hybridized carbons (Fsp3) is 0.250. The lowest BCUT2D eigenvalue weighted by Crippen LogP contribution is -2.03. The molecule has 0 heterocycles. The maximum Gasteiger partial charge on any atom is 0.134 e. The lowest BCUT2D eigenvalue weighted by molar-refractivity contribution is 0.303. The Kier molecular flexibility index (Phi) is 5.47. The van der Waals surface area contributed by atoms with Gasteiger partial charge in [0, 0.05) is 12.1 Å². The molecule has 0 saturated heterocycles. The zero-order chi connectivity index (χ0) is 15.2. The molecule has 0 fully saturated rings. The van der Waals surface area contributed by atoms with Gasteiger partial charge in [0.25, 0.3) is 0 Å². The largest absolute Gasteiger partial charge is 0.497 e. The van der Waals surface area contributed by atoms with Gasteiger partial charge in [-0.1, -0.05) is 6.07 Å². The van der Waals surface area contributed by atoms with Crippen molar-refractivity contribution >= 4 is 15.9 Å². The number of rotatable bonds is 6. The number of halogens is 1. The first-order valence-corrected chi connectivity index (χ1v) is 7.29.